The van der Waals surface area contributed by atoms with E-state index in [9.17, 15) is 23.6 Å². The summed E-state index contributed by atoms with van der Waals surface area (Å²) in [5, 5.41) is 5.84. The van der Waals surface area contributed by atoms with Crippen LogP contribution in [0.5, 0.6) is 0 Å². The molecule has 0 radical (unpaired) electrons. The van der Waals surface area contributed by atoms with E-state index in [-0.39, 0.29) is 12.3 Å². The first-order valence-electron chi connectivity index (χ1n) is 11.5. The molecule has 2 heterocycles. The molecule has 9 nitrogen and oxygen atoms in total. The van der Waals surface area contributed by atoms with Crippen LogP contribution in [0.3, 0.4) is 0 Å². The van der Waals surface area contributed by atoms with Gasteiger partial charge in [-0.25, -0.2) is 9.18 Å². The molecule has 2 amide bonds. The Labute approximate surface area is 198 Å². The first-order valence-corrected chi connectivity index (χ1v) is 11.5. The number of likely N-dealkylation sites (tertiary alicyclic amines) is 1. The Kier molecular flexibility index (Phi) is 8.24. The van der Waals surface area contributed by atoms with Gasteiger partial charge in [-0.2, -0.15) is 0 Å². The van der Waals surface area contributed by atoms with Gasteiger partial charge in [-0.05, 0) is 56.8 Å². The Morgan fingerprint density at radius 2 is 2.06 bits per heavy atom. The van der Waals surface area contributed by atoms with Crippen molar-refractivity contribution in [2.24, 2.45) is 0 Å². The third kappa shape index (κ3) is 5.55. The van der Waals surface area contributed by atoms with Gasteiger partial charge in [0.1, 0.15) is 17.5 Å². The van der Waals surface area contributed by atoms with Gasteiger partial charge in [0.2, 0.25) is 11.8 Å². The van der Waals surface area contributed by atoms with Gasteiger partial charge in [-0.1, -0.05) is 12.1 Å². The molecule has 2 N–H and O–H groups in total. The Morgan fingerprint density at radius 1 is 1.29 bits per heavy atom. The minimum Gasteiger partial charge on any atom is -0.467 e. The molecule has 186 valence electrons. The van der Waals surface area contributed by atoms with Crippen LogP contribution < -0.4 is 10.6 Å². The Balaban J connectivity index is 1.96. The van der Waals surface area contributed by atoms with Gasteiger partial charge in [0.15, 0.2) is 6.04 Å². The van der Waals surface area contributed by atoms with Crippen LogP contribution in [0.15, 0.2) is 24.3 Å². The van der Waals surface area contributed by atoms with Crippen LogP contribution in [0.2, 0.25) is 0 Å². The second-order valence-corrected chi connectivity index (χ2v) is 8.87. The highest BCUT2D eigenvalue weighted by Gasteiger charge is 2.52. The average Bonchev–Trinajstić information content (AvgIpc) is 3.47. The zero-order chi connectivity index (χ0) is 24.9. The summed E-state index contributed by atoms with van der Waals surface area (Å²) in [4.78, 5) is 52.7. The number of ether oxygens (including phenoxy) is 2. The summed E-state index contributed by atoms with van der Waals surface area (Å²) in [6, 6.07) is 4.23. The number of carbonyl (C=O) groups excluding carboxylic acids is 4. The van der Waals surface area contributed by atoms with Crippen LogP contribution in [-0.2, 0) is 35.1 Å². The molecule has 1 aromatic rings. The standard InChI is InChI=1S/C24H32FN3O6/c1-15(34-16(2)29)20(22(31)33-3)27-23(32)24(14-17-7-4-8-18(25)13-17)10-6-12-28(24)21(30)19-9-5-11-26-19/h4,7-8,13,15,19-20,26H,5-6,9-12,14H2,1-3H3,(H,27,32). The lowest BCUT2D eigenvalue weighted by molar-refractivity contribution is -0.158. The van der Waals surface area contributed by atoms with Gasteiger partial charge < -0.3 is 25.0 Å². The summed E-state index contributed by atoms with van der Waals surface area (Å²) in [5.74, 6) is -2.61. The van der Waals surface area contributed by atoms with Crippen molar-refractivity contribution in [2.45, 2.75) is 69.7 Å². The van der Waals surface area contributed by atoms with Gasteiger partial charge in [-0.15, -0.1) is 0 Å². The third-order valence-corrected chi connectivity index (χ3v) is 6.48. The predicted molar refractivity (Wildman–Crippen MR) is 120 cm³/mol. The Bertz CT molecular complexity index is 935. The number of carbonyl (C=O) groups is 4. The summed E-state index contributed by atoms with van der Waals surface area (Å²) in [5.41, 5.74) is -0.783. The first-order chi connectivity index (χ1) is 16.2. The summed E-state index contributed by atoms with van der Waals surface area (Å²) < 4.78 is 23.9. The van der Waals surface area contributed by atoms with Crippen molar-refractivity contribution in [3.63, 3.8) is 0 Å². The van der Waals surface area contributed by atoms with E-state index in [1.807, 2.05) is 0 Å². The van der Waals surface area contributed by atoms with E-state index < -0.39 is 47.4 Å². The van der Waals surface area contributed by atoms with Gasteiger partial charge in [0.25, 0.3) is 0 Å². The number of hydrogen-bond donors (Lipinski definition) is 2. The van der Waals surface area contributed by atoms with Crippen LogP contribution in [-0.4, -0.2) is 72.6 Å². The summed E-state index contributed by atoms with van der Waals surface area (Å²) in [7, 11) is 1.17. The van der Waals surface area contributed by atoms with Crippen molar-refractivity contribution >= 4 is 23.8 Å². The fourth-order valence-electron chi connectivity index (χ4n) is 4.87. The summed E-state index contributed by atoms with van der Waals surface area (Å²) in [6.45, 7) is 3.76. The van der Waals surface area contributed by atoms with Crippen molar-refractivity contribution in [3.05, 3.63) is 35.6 Å². The van der Waals surface area contributed by atoms with Crippen molar-refractivity contribution in [3.8, 4) is 0 Å². The normalized spacial score (nSPS) is 23.8. The molecular weight excluding hydrogens is 445 g/mol. The highest BCUT2D eigenvalue weighted by Crippen LogP contribution is 2.35. The number of rotatable bonds is 8. The maximum atomic E-state index is 14.0. The van der Waals surface area contributed by atoms with E-state index in [4.69, 9.17) is 9.47 Å². The molecule has 2 fully saturated rings. The fraction of sp³-hybridized carbons (Fsp3) is 0.583. The van der Waals surface area contributed by atoms with Crippen molar-refractivity contribution < 1.29 is 33.0 Å². The number of nitrogens with zero attached hydrogens (tertiary/aromatic N) is 1. The molecule has 2 aliphatic heterocycles. The lowest BCUT2D eigenvalue weighted by Crippen LogP contribution is -2.64. The molecule has 1 aromatic carbocycles. The third-order valence-electron chi connectivity index (χ3n) is 6.48. The maximum Gasteiger partial charge on any atom is 0.332 e. The highest BCUT2D eigenvalue weighted by molar-refractivity contribution is 5.96. The summed E-state index contributed by atoms with van der Waals surface area (Å²) in [6.07, 6.45) is 1.51. The van der Waals surface area contributed by atoms with E-state index in [0.29, 0.717) is 31.4 Å². The van der Waals surface area contributed by atoms with Gasteiger partial charge >= 0.3 is 11.9 Å². The topological polar surface area (TPSA) is 114 Å². The van der Waals surface area contributed by atoms with Crippen LogP contribution in [0.25, 0.3) is 0 Å². The molecule has 10 heteroatoms. The first kappa shape index (κ1) is 25.6. The molecule has 4 atom stereocenters. The smallest absolute Gasteiger partial charge is 0.332 e. The van der Waals surface area contributed by atoms with E-state index in [1.165, 1.54) is 33.1 Å². The van der Waals surface area contributed by atoms with E-state index in [2.05, 4.69) is 10.6 Å². The maximum absolute atomic E-state index is 14.0. The molecule has 34 heavy (non-hydrogen) atoms. The number of nitrogens with one attached hydrogen (secondary N) is 2. The van der Waals surface area contributed by atoms with Gasteiger partial charge in [0.05, 0.1) is 13.2 Å². The van der Waals surface area contributed by atoms with Crippen LogP contribution in [0.4, 0.5) is 4.39 Å². The molecule has 3 rings (SSSR count). The van der Waals surface area contributed by atoms with Crippen molar-refractivity contribution in [1.82, 2.24) is 15.5 Å². The number of hydrogen-bond acceptors (Lipinski definition) is 7. The number of methoxy groups -OCH3 is 1. The van der Waals surface area contributed by atoms with E-state index >= 15 is 0 Å². The molecule has 0 bridgehead atoms. The van der Waals surface area contributed by atoms with Crippen LogP contribution in [0, 0.1) is 5.82 Å². The molecule has 0 aromatic heterocycles. The number of halogens is 1. The Hall–Kier alpha value is -3.01. The average molecular weight is 478 g/mol. The minimum atomic E-state index is -1.34. The molecule has 0 aliphatic carbocycles. The zero-order valence-electron chi connectivity index (χ0n) is 19.8. The number of esters is 2. The molecular formula is C24H32FN3O6. The van der Waals surface area contributed by atoms with Crippen molar-refractivity contribution in [1.29, 1.82) is 0 Å². The molecule has 4 unspecified atom stereocenters. The van der Waals surface area contributed by atoms with Crippen LogP contribution in [0.1, 0.15) is 45.1 Å². The highest BCUT2D eigenvalue weighted by atomic mass is 19.1. The quantitative estimate of drug-likeness (QED) is 0.539. The van der Waals surface area contributed by atoms with Crippen molar-refractivity contribution in [2.75, 3.05) is 20.2 Å². The molecule has 0 saturated carbocycles. The number of benzene rings is 1. The lowest BCUT2D eigenvalue weighted by atomic mass is 9.86. The van der Waals surface area contributed by atoms with Crippen LogP contribution >= 0.6 is 0 Å². The molecule has 2 saturated heterocycles. The second kappa shape index (κ2) is 10.9. The zero-order valence-corrected chi connectivity index (χ0v) is 19.8. The molecule has 0 spiro atoms. The summed E-state index contributed by atoms with van der Waals surface area (Å²) >= 11 is 0. The largest absolute Gasteiger partial charge is 0.467 e. The van der Waals surface area contributed by atoms with Gasteiger partial charge in [-0.3, -0.25) is 14.4 Å². The SMILES string of the molecule is COC(=O)C(NC(=O)C1(Cc2cccc(F)c2)CCCN1C(=O)C1CCCN1)C(C)OC(C)=O. The van der Waals surface area contributed by atoms with E-state index in [0.717, 1.165) is 13.0 Å². The monoisotopic (exact) mass is 477 g/mol. The van der Waals surface area contributed by atoms with E-state index in [1.54, 1.807) is 17.0 Å². The van der Waals surface area contributed by atoms with Gasteiger partial charge in [0, 0.05) is 19.9 Å². The predicted octanol–water partition coefficient (Wildman–Crippen LogP) is 1.09. The fourth-order valence-corrected chi connectivity index (χ4v) is 4.87. The second-order valence-electron chi connectivity index (χ2n) is 8.87. The molecule has 2 aliphatic rings. The lowest BCUT2D eigenvalue weighted by Gasteiger charge is -2.39. The number of amides is 2. The minimum absolute atomic E-state index is 0.0743. The Morgan fingerprint density at radius 3 is 2.68 bits per heavy atom.